The van der Waals surface area contributed by atoms with Crippen LogP contribution in [-0.2, 0) is 25.0 Å². The van der Waals surface area contributed by atoms with Gasteiger partial charge in [0, 0.05) is 0 Å². The standard InChI is InChI=1S/C17H18F9IO3S/c1-3-5-6-11(4-2)10-27(30-31(28,29)17(24,25)26)14-8-12(15(18,19)20)7-13(9-14)16(21,22)23/h7-10H,3-6H2,1-2H3/b11-10-. The summed E-state index contributed by atoms with van der Waals surface area (Å²) in [7, 11) is -6.25. The van der Waals surface area contributed by atoms with E-state index in [1.807, 2.05) is 0 Å². The zero-order valence-electron chi connectivity index (χ0n) is 16.1. The van der Waals surface area contributed by atoms with Gasteiger partial charge in [-0.3, -0.25) is 0 Å². The number of hydrogen-bond acceptors (Lipinski definition) is 3. The van der Waals surface area contributed by atoms with Gasteiger partial charge >= 0.3 is 181 Å². The first-order valence-corrected chi connectivity index (χ1v) is 13.2. The van der Waals surface area contributed by atoms with Crippen LogP contribution in [0.25, 0.3) is 0 Å². The molecule has 1 aromatic rings. The van der Waals surface area contributed by atoms with Crippen molar-refractivity contribution in [2.24, 2.45) is 0 Å². The van der Waals surface area contributed by atoms with Gasteiger partial charge in [0.05, 0.1) is 0 Å². The van der Waals surface area contributed by atoms with Crippen LogP contribution in [-0.4, -0.2) is 13.9 Å². The van der Waals surface area contributed by atoms with Crippen molar-refractivity contribution < 1.29 is 50.4 Å². The van der Waals surface area contributed by atoms with E-state index in [0.717, 1.165) is 4.08 Å². The van der Waals surface area contributed by atoms with Crippen molar-refractivity contribution in [2.75, 3.05) is 0 Å². The molecule has 31 heavy (non-hydrogen) atoms. The van der Waals surface area contributed by atoms with Crippen LogP contribution in [0.2, 0.25) is 0 Å². The topological polar surface area (TPSA) is 43.4 Å². The zero-order chi connectivity index (χ0) is 24.3. The summed E-state index contributed by atoms with van der Waals surface area (Å²) >= 11 is -4.33. The second-order valence-electron chi connectivity index (χ2n) is 6.19. The summed E-state index contributed by atoms with van der Waals surface area (Å²) in [4.78, 5) is 0. The van der Waals surface area contributed by atoms with Crippen LogP contribution in [0.15, 0.2) is 27.9 Å². The number of rotatable bonds is 8. The summed E-state index contributed by atoms with van der Waals surface area (Å²) in [6.45, 7) is 3.36. The Kier molecular flexibility index (Phi) is 9.28. The molecule has 0 aliphatic carbocycles. The van der Waals surface area contributed by atoms with E-state index in [0.29, 0.717) is 18.4 Å². The average molecular weight is 600 g/mol. The molecule has 0 radical (unpaired) electrons. The quantitative estimate of drug-likeness (QED) is 0.175. The molecule has 0 heterocycles. The molecule has 0 amide bonds. The Morgan fingerprint density at radius 3 is 1.77 bits per heavy atom. The fourth-order valence-electron chi connectivity index (χ4n) is 2.12. The van der Waals surface area contributed by atoms with E-state index in [-0.39, 0.29) is 31.0 Å². The summed E-state index contributed by atoms with van der Waals surface area (Å²) in [5.41, 5.74) is -9.04. The predicted octanol–water partition coefficient (Wildman–Crippen LogP) is 7.67. The molecule has 0 fully saturated rings. The SMILES string of the molecule is CCCC/C(=C\I(OS(=O)(=O)C(F)(F)F)c1cc(C(F)(F)F)cc(C(F)(F)F)c1)CC. The van der Waals surface area contributed by atoms with Gasteiger partial charge in [-0.05, 0) is 0 Å². The van der Waals surface area contributed by atoms with E-state index in [1.54, 1.807) is 13.8 Å². The van der Waals surface area contributed by atoms with Crippen molar-refractivity contribution in [1.82, 2.24) is 0 Å². The van der Waals surface area contributed by atoms with Gasteiger partial charge in [0.25, 0.3) is 0 Å². The first-order chi connectivity index (χ1) is 13.9. The van der Waals surface area contributed by atoms with Gasteiger partial charge < -0.3 is 0 Å². The Morgan fingerprint density at radius 1 is 0.935 bits per heavy atom. The number of halogens is 10. The summed E-state index contributed by atoms with van der Waals surface area (Å²) < 4.78 is 144. The third kappa shape index (κ3) is 8.11. The van der Waals surface area contributed by atoms with Crippen LogP contribution < -0.4 is 0 Å². The average Bonchev–Trinajstić information content (AvgIpc) is 2.61. The van der Waals surface area contributed by atoms with Crippen molar-refractivity contribution in [2.45, 2.75) is 57.4 Å². The number of allylic oxidation sites excluding steroid dienone is 1. The van der Waals surface area contributed by atoms with Crippen molar-refractivity contribution in [3.8, 4) is 0 Å². The molecule has 14 heteroatoms. The molecule has 0 aromatic heterocycles. The predicted molar refractivity (Wildman–Crippen MR) is 103 cm³/mol. The maximum atomic E-state index is 13.1. The Morgan fingerprint density at radius 2 is 1.42 bits per heavy atom. The molecule has 0 saturated heterocycles. The molecule has 0 saturated carbocycles. The summed E-state index contributed by atoms with van der Waals surface area (Å²) in [5.74, 6) is 0. The Labute approximate surface area is 180 Å². The van der Waals surface area contributed by atoms with Crippen LogP contribution >= 0.6 is 20.2 Å². The molecule has 0 spiro atoms. The zero-order valence-corrected chi connectivity index (χ0v) is 19.0. The minimum absolute atomic E-state index is 0.197. The van der Waals surface area contributed by atoms with Gasteiger partial charge in [-0.25, -0.2) is 0 Å². The fourth-order valence-corrected chi connectivity index (χ4v) is 8.75. The summed E-state index contributed by atoms with van der Waals surface area (Å²) in [6, 6.07) is 0.211. The van der Waals surface area contributed by atoms with Crippen LogP contribution in [0.5, 0.6) is 0 Å². The number of alkyl halides is 9. The van der Waals surface area contributed by atoms with Gasteiger partial charge in [0.2, 0.25) is 0 Å². The molecule has 0 bridgehead atoms. The normalized spacial score (nSPS) is 14.7. The minimum atomic E-state index is -6.25. The molecule has 180 valence electrons. The Hall–Kier alpha value is -1.03. The van der Waals surface area contributed by atoms with Crippen molar-refractivity contribution in [3.63, 3.8) is 0 Å². The molecular formula is C17H18F9IO3S. The van der Waals surface area contributed by atoms with Crippen LogP contribution in [0.3, 0.4) is 0 Å². The van der Waals surface area contributed by atoms with Gasteiger partial charge in [-0.1, -0.05) is 0 Å². The second-order valence-corrected chi connectivity index (χ2v) is 12.2. The van der Waals surface area contributed by atoms with Crippen LogP contribution in [0.1, 0.15) is 50.7 Å². The number of hydrogen-bond donors (Lipinski definition) is 0. The fraction of sp³-hybridized carbons (Fsp3) is 0.529. The number of unbranched alkanes of at least 4 members (excludes halogenated alkanes) is 1. The van der Waals surface area contributed by atoms with E-state index in [9.17, 15) is 47.9 Å². The second kappa shape index (κ2) is 10.3. The van der Waals surface area contributed by atoms with Gasteiger partial charge in [-0.2, -0.15) is 0 Å². The van der Waals surface area contributed by atoms with Crippen LogP contribution in [0, 0.1) is 3.57 Å². The van der Waals surface area contributed by atoms with E-state index in [4.69, 9.17) is 0 Å². The van der Waals surface area contributed by atoms with Gasteiger partial charge in [0.15, 0.2) is 0 Å². The molecule has 0 N–H and O–H groups in total. The van der Waals surface area contributed by atoms with E-state index in [2.05, 4.69) is 2.51 Å². The third-order valence-electron chi connectivity index (χ3n) is 3.76. The molecule has 3 nitrogen and oxygen atoms in total. The third-order valence-corrected chi connectivity index (χ3v) is 10.5. The van der Waals surface area contributed by atoms with Gasteiger partial charge in [-0.15, -0.1) is 0 Å². The molecular weight excluding hydrogens is 582 g/mol. The maximum absolute atomic E-state index is 13.1. The monoisotopic (exact) mass is 600 g/mol. The summed E-state index contributed by atoms with van der Waals surface area (Å²) in [5, 5.41) is 0. The molecule has 0 aliphatic rings. The molecule has 0 aliphatic heterocycles. The first-order valence-electron chi connectivity index (χ1n) is 8.61. The summed E-state index contributed by atoms with van der Waals surface area (Å²) in [6.07, 6.45) is -8.84. The molecule has 1 aromatic carbocycles. The van der Waals surface area contributed by atoms with Crippen LogP contribution in [0.4, 0.5) is 39.5 Å². The Bertz CT molecular complexity index is 855. The molecule has 0 atom stereocenters. The molecule has 0 unspecified atom stereocenters. The van der Waals surface area contributed by atoms with Gasteiger partial charge in [0.1, 0.15) is 0 Å². The van der Waals surface area contributed by atoms with Crippen molar-refractivity contribution in [3.05, 3.63) is 42.6 Å². The van der Waals surface area contributed by atoms with E-state index < -0.39 is 62.9 Å². The first kappa shape index (κ1) is 28.0. The molecule has 1 rings (SSSR count). The number of benzene rings is 1. The van der Waals surface area contributed by atoms with E-state index in [1.165, 1.54) is 0 Å². The van der Waals surface area contributed by atoms with Crippen molar-refractivity contribution in [1.29, 1.82) is 0 Å². The van der Waals surface area contributed by atoms with Crippen molar-refractivity contribution >= 4 is 30.4 Å². The Balaban J connectivity index is 3.73. The van der Waals surface area contributed by atoms with E-state index >= 15 is 0 Å².